The van der Waals surface area contributed by atoms with Crippen LogP contribution >= 0.6 is 0 Å². The van der Waals surface area contributed by atoms with Crippen LogP contribution in [-0.4, -0.2) is 32.2 Å². The van der Waals surface area contributed by atoms with E-state index in [0.29, 0.717) is 19.4 Å². The predicted molar refractivity (Wildman–Crippen MR) is 87.0 cm³/mol. The third kappa shape index (κ3) is 4.15. The molecule has 122 valence electrons. The van der Waals surface area contributed by atoms with E-state index in [1.54, 1.807) is 14.2 Å². The molecule has 0 saturated carbocycles. The summed E-state index contributed by atoms with van der Waals surface area (Å²) in [6.45, 7) is 1.68. The second-order valence-corrected chi connectivity index (χ2v) is 5.78. The molecule has 0 radical (unpaired) electrons. The Morgan fingerprint density at radius 3 is 2.78 bits per heavy atom. The van der Waals surface area contributed by atoms with E-state index >= 15 is 0 Å². The van der Waals surface area contributed by atoms with Gasteiger partial charge in [0.1, 0.15) is 11.5 Å². The van der Waals surface area contributed by atoms with Crippen LogP contribution in [0, 0.1) is 28.6 Å². The minimum absolute atomic E-state index is 0.0977. The third-order valence-corrected chi connectivity index (χ3v) is 4.41. The summed E-state index contributed by atoms with van der Waals surface area (Å²) in [5.41, 5.74) is 1.14. The van der Waals surface area contributed by atoms with Crippen molar-refractivity contribution in [3.63, 3.8) is 0 Å². The Balaban J connectivity index is 2.15. The lowest BCUT2D eigenvalue weighted by molar-refractivity contribution is 0.226. The second kappa shape index (κ2) is 8.41. The highest BCUT2D eigenvalue weighted by Gasteiger charge is 2.30. The van der Waals surface area contributed by atoms with Gasteiger partial charge in [-0.1, -0.05) is 6.07 Å². The van der Waals surface area contributed by atoms with Gasteiger partial charge in [-0.2, -0.15) is 10.5 Å². The molecule has 0 aromatic heterocycles. The topological polar surface area (TPSA) is 69.3 Å². The van der Waals surface area contributed by atoms with Crippen molar-refractivity contribution in [3.05, 3.63) is 23.8 Å². The molecule has 5 heteroatoms. The van der Waals surface area contributed by atoms with Crippen molar-refractivity contribution in [2.45, 2.75) is 31.7 Å². The first-order valence-electron chi connectivity index (χ1n) is 7.96. The van der Waals surface area contributed by atoms with Crippen molar-refractivity contribution < 1.29 is 9.47 Å². The molecule has 0 spiro atoms. The van der Waals surface area contributed by atoms with Gasteiger partial charge in [0.05, 0.1) is 32.3 Å². The highest BCUT2D eigenvalue weighted by atomic mass is 16.5. The summed E-state index contributed by atoms with van der Waals surface area (Å²) in [5.74, 6) is 1.50. The third-order valence-electron chi connectivity index (χ3n) is 4.41. The Bertz CT molecular complexity index is 603. The summed E-state index contributed by atoms with van der Waals surface area (Å²) in [4.78, 5) is 2.34. The monoisotopic (exact) mass is 313 g/mol. The molecule has 0 aliphatic carbocycles. The van der Waals surface area contributed by atoms with Gasteiger partial charge in [-0.05, 0) is 31.9 Å². The van der Waals surface area contributed by atoms with E-state index in [1.165, 1.54) is 0 Å². The summed E-state index contributed by atoms with van der Waals surface area (Å²) in [7, 11) is 3.31. The molecule has 5 nitrogen and oxygen atoms in total. The quantitative estimate of drug-likeness (QED) is 0.772. The number of nitrogens with zero attached hydrogens (tertiary/aromatic N) is 3. The van der Waals surface area contributed by atoms with Gasteiger partial charge in [-0.15, -0.1) is 0 Å². The van der Waals surface area contributed by atoms with Gasteiger partial charge in [0, 0.05) is 30.6 Å². The van der Waals surface area contributed by atoms with Crippen molar-refractivity contribution >= 4 is 0 Å². The second-order valence-electron chi connectivity index (χ2n) is 5.78. The fraction of sp³-hybridized carbons (Fsp3) is 0.556. The molecule has 1 aliphatic rings. The van der Waals surface area contributed by atoms with E-state index in [9.17, 15) is 5.26 Å². The summed E-state index contributed by atoms with van der Waals surface area (Å²) in [6.07, 6.45) is 3.23. The Labute approximate surface area is 138 Å². The summed E-state index contributed by atoms with van der Waals surface area (Å²) >= 11 is 0. The van der Waals surface area contributed by atoms with E-state index in [-0.39, 0.29) is 12.0 Å². The maximum atomic E-state index is 9.31. The molecule has 0 amide bonds. The van der Waals surface area contributed by atoms with E-state index in [1.807, 2.05) is 12.1 Å². The van der Waals surface area contributed by atoms with Gasteiger partial charge in [0.2, 0.25) is 0 Å². The highest BCUT2D eigenvalue weighted by Crippen LogP contribution is 2.39. The smallest absolute Gasteiger partial charge is 0.127 e. The van der Waals surface area contributed by atoms with Crippen molar-refractivity contribution in [1.29, 1.82) is 10.5 Å². The molecule has 1 fully saturated rings. The number of methoxy groups -OCH3 is 2. The SMILES string of the molecule is COc1ccc([C@H]2CCCN2C[C@@H](C#N)CCC#N)c(OC)c1. The molecule has 1 aromatic rings. The Morgan fingerprint density at radius 2 is 2.13 bits per heavy atom. The van der Waals surface area contributed by atoms with Crippen LogP contribution in [0.5, 0.6) is 11.5 Å². The number of nitriles is 2. The average molecular weight is 313 g/mol. The van der Waals surface area contributed by atoms with Gasteiger partial charge in [0.15, 0.2) is 0 Å². The van der Waals surface area contributed by atoms with Crippen molar-refractivity contribution in [2.75, 3.05) is 27.3 Å². The van der Waals surface area contributed by atoms with Gasteiger partial charge >= 0.3 is 0 Å². The Hall–Kier alpha value is -2.24. The molecule has 1 aliphatic heterocycles. The largest absolute Gasteiger partial charge is 0.497 e. The normalized spacial score (nSPS) is 18.9. The summed E-state index contributed by atoms with van der Waals surface area (Å²) < 4.78 is 10.8. The van der Waals surface area contributed by atoms with Crippen LogP contribution in [-0.2, 0) is 0 Å². The predicted octanol–water partition coefficient (Wildman–Crippen LogP) is 3.28. The molecule has 0 bridgehead atoms. The van der Waals surface area contributed by atoms with E-state index in [0.717, 1.165) is 36.4 Å². The zero-order valence-corrected chi connectivity index (χ0v) is 13.8. The Kier molecular flexibility index (Phi) is 6.26. The van der Waals surface area contributed by atoms with Crippen LogP contribution < -0.4 is 9.47 Å². The zero-order chi connectivity index (χ0) is 16.7. The van der Waals surface area contributed by atoms with Crippen LogP contribution in [0.2, 0.25) is 0 Å². The fourth-order valence-electron chi connectivity index (χ4n) is 3.21. The summed E-state index contributed by atoms with van der Waals surface area (Å²) in [6, 6.07) is 10.6. The zero-order valence-electron chi connectivity index (χ0n) is 13.8. The van der Waals surface area contributed by atoms with E-state index < -0.39 is 0 Å². The number of benzene rings is 1. The van der Waals surface area contributed by atoms with Crippen LogP contribution in [0.3, 0.4) is 0 Å². The van der Waals surface area contributed by atoms with Crippen LogP contribution in [0.15, 0.2) is 18.2 Å². The van der Waals surface area contributed by atoms with Gasteiger partial charge in [-0.3, -0.25) is 4.90 Å². The lowest BCUT2D eigenvalue weighted by atomic mass is 10.0. The molecule has 2 rings (SSSR count). The first kappa shape index (κ1) is 17.1. The fourth-order valence-corrected chi connectivity index (χ4v) is 3.21. The average Bonchev–Trinajstić information content (AvgIpc) is 3.05. The molecule has 1 saturated heterocycles. The van der Waals surface area contributed by atoms with Crippen LogP contribution in [0.25, 0.3) is 0 Å². The number of likely N-dealkylation sites (tertiary alicyclic amines) is 1. The lowest BCUT2D eigenvalue weighted by Crippen LogP contribution is -2.29. The first-order valence-corrected chi connectivity index (χ1v) is 7.96. The van der Waals surface area contributed by atoms with Crippen molar-refractivity contribution in [3.8, 4) is 23.6 Å². The number of hydrogen-bond donors (Lipinski definition) is 0. The molecule has 1 heterocycles. The summed E-state index contributed by atoms with van der Waals surface area (Å²) in [5, 5.41) is 18.0. The molecule has 0 N–H and O–H groups in total. The minimum Gasteiger partial charge on any atom is -0.497 e. The molecular formula is C18H23N3O2. The lowest BCUT2D eigenvalue weighted by Gasteiger charge is -2.27. The number of ether oxygens (including phenoxy) is 2. The molecule has 23 heavy (non-hydrogen) atoms. The molecule has 2 atom stereocenters. The maximum Gasteiger partial charge on any atom is 0.127 e. The molecule has 0 unspecified atom stereocenters. The number of hydrogen-bond acceptors (Lipinski definition) is 5. The molecular weight excluding hydrogens is 290 g/mol. The minimum atomic E-state index is -0.0977. The number of rotatable bonds is 7. The van der Waals surface area contributed by atoms with Crippen molar-refractivity contribution in [1.82, 2.24) is 4.90 Å². The Morgan fingerprint density at radius 1 is 1.30 bits per heavy atom. The van der Waals surface area contributed by atoms with Gasteiger partial charge in [-0.25, -0.2) is 0 Å². The van der Waals surface area contributed by atoms with E-state index in [4.69, 9.17) is 14.7 Å². The molecule has 1 aromatic carbocycles. The first-order chi connectivity index (χ1) is 11.2. The maximum absolute atomic E-state index is 9.31. The van der Waals surface area contributed by atoms with Crippen LogP contribution in [0.1, 0.15) is 37.3 Å². The van der Waals surface area contributed by atoms with Crippen LogP contribution in [0.4, 0.5) is 0 Å². The van der Waals surface area contributed by atoms with Gasteiger partial charge in [0.25, 0.3) is 0 Å². The standard InChI is InChI=1S/C18H23N3O2/c1-22-15-7-8-16(18(11-15)23-2)17-6-4-10-21(17)13-14(12-20)5-3-9-19/h7-8,11,14,17H,3-6,10,13H2,1-2H3/t14-,17-/m1/s1. The van der Waals surface area contributed by atoms with Crippen molar-refractivity contribution in [2.24, 2.45) is 5.92 Å². The van der Waals surface area contributed by atoms with Gasteiger partial charge < -0.3 is 9.47 Å². The van der Waals surface area contributed by atoms with E-state index in [2.05, 4.69) is 23.1 Å². The highest BCUT2D eigenvalue weighted by molar-refractivity contribution is 5.42.